The third kappa shape index (κ3) is 2.47. The highest BCUT2D eigenvalue weighted by Crippen LogP contribution is 2.44. The minimum Gasteiger partial charge on any atom is -0.480 e. The van der Waals surface area contributed by atoms with Crippen LogP contribution in [0.5, 0.6) is 0 Å². The molecule has 1 aliphatic rings. The van der Waals surface area contributed by atoms with Crippen LogP contribution in [-0.4, -0.2) is 29.6 Å². The standard InChI is InChI=1S/C10H18N2O3/c1-6(2)7(8(13)14)12-9(15)10(5-11)3-4-10/h6-7H,3-5,11H2,1-2H3,(H,12,15)(H,13,14). The number of carbonyl (C=O) groups is 2. The van der Waals surface area contributed by atoms with Gasteiger partial charge < -0.3 is 16.2 Å². The van der Waals surface area contributed by atoms with E-state index in [2.05, 4.69) is 5.32 Å². The van der Waals surface area contributed by atoms with Crippen molar-refractivity contribution in [1.82, 2.24) is 5.32 Å². The quantitative estimate of drug-likeness (QED) is 0.598. The highest BCUT2D eigenvalue weighted by Gasteiger charge is 2.49. The van der Waals surface area contributed by atoms with E-state index in [-0.39, 0.29) is 11.8 Å². The van der Waals surface area contributed by atoms with E-state index in [1.165, 1.54) is 0 Å². The molecule has 1 saturated carbocycles. The molecule has 1 fully saturated rings. The smallest absolute Gasteiger partial charge is 0.326 e. The number of carboxylic acids is 1. The molecular formula is C10H18N2O3. The number of amides is 1. The van der Waals surface area contributed by atoms with E-state index in [0.717, 1.165) is 12.8 Å². The van der Waals surface area contributed by atoms with Crippen LogP contribution in [0.4, 0.5) is 0 Å². The molecule has 1 atom stereocenters. The van der Waals surface area contributed by atoms with Gasteiger partial charge in [-0.15, -0.1) is 0 Å². The van der Waals surface area contributed by atoms with Crippen LogP contribution in [-0.2, 0) is 9.59 Å². The van der Waals surface area contributed by atoms with E-state index in [9.17, 15) is 9.59 Å². The molecular weight excluding hydrogens is 196 g/mol. The number of rotatable bonds is 5. The van der Waals surface area contributed by atoms with Crippen molar-refractivity contribution >= 4 is 11.9 Å². The summed E-state index contributed by atoms with van der Waals surface area (Å²) in [6, 6.07) is -0.818. The molecule has 1 aliphatic carbocycles. The molecule has 5 heteroatoms. The SMILES string of the molecule is CC(C)C(NC(=O)C1(CN)CC1)C(=O)O. The first-order chi connectivity index (χ1) is 6.93. The van der Waals surface area contributed by atoms with E-state index in [4.69, 9.17) is 10.8 Å². The van der Waals surface area contributed by atoms with Gasteiger partial charge in [0.2, 0.25) is 5.91 Å². The first-order valence-corrected chi connectivity index (χ1v) is 5.17. The van der Waals surface area contributed by atoms with E-state index in [1.807, 2.05) is 0 Å². The molecule has 0 aliphatic heterocycles. The van der Waals surface area contributed by atoms with E-state index in [0.29, 0.717) is 6.54 Å². The van der Waals surface area contributed by atoms with Crippen molar-refractivity contribution in [1.29, 1.82) is 0 Å². The maximum Gasteiger partial charge on any atom is 0.326 e. The Bertz CT molecular complexity index is 272. The number of carboxylic acid groups (broad SMARTS) is 1. The Hall–Kier alpha value is -1.10. The van der Waals surface area contributed by atoms with Gasteiger partial charge in [0.1, 0.15) is 6.04 Å². The summed E-state index contributed by atoms with van der Waals surface area (Å²) in [6.07, 6.45) is 1.53. The maximum atomic E-state index is 11.7. The number of aliphatic carboxylic acids is 1. The summed E-state index contributed by atoms with van der Waals surface area (Å²) in [4.78, 5) is 22.6. The Kier molecular flexibility index (Phi) is 3.34. The predicted octanol–water partition coefficient (Wildman–Crippen LogP) is -0.0493. The summed E-state index contributed by atoms with van der Waals surface area (Å²) in [5.41, 5.74) is 5.01. The first kappa shape index (κ1) is 12.0. The lowest BCUT2D eigenvalue weighted by atomic mass is 10.0. The Morgan fingerprint density at radius 2 is 2.00 bits per heavy atom. The molecule has 0 bridgehead atoms. The molecule has 0 aromatic heterocycles. The topological polar surface area (TPSA) is 92.4 Å². The predicted molar refractivity (Wildman–Crippen MR) is 55.1 cm³/mol. The molecule has 1 amide bonds. The Balaban J connectivity index is 2.59. The fourth-order valence-electron chi connectivity index (χ4n) is 1.48. The highest BCUT2D eigenvalue weighted by atomic mass is 16.4. The van der Waals surface area contributed by atoms with Gasteiger partial charge in [-0.05, 0) is 18.8 Å². The van der Waals surface area contributed by atoms with Gasteiger partial charge in [0.05, 0.1) is 5.41 Å². The van der Waals surface area contributed by atoms with Gasteiger partial charge in [-0.25, -0.2) is 4.79 Å². The van der Waals surface area contributed by atoms with Crippen molar-refractivity contribution in [2.24, 2.45) is 17.1 Å². The summed E-state index contributed by atoms with van der Waals surface area (Å²) in [5, 5.41) is 11.5. The lowest BCUT2D eigenvalue weighted by molar-refractivity contribution is -0.144. The van der Waals surface area contributed by atoms with Crippen molar-refractivity contribution in [3.63, 3.8) is 0 Å². The lowest BCUT2D eigenvalue weighted by Crippen LogP contribution is -2.48. The van der Waals surface area contributed by atoms with Gasteiger partial charge in [-0.2, -0.15) is 0 Å². The number of hydrogen-bond acceptors (Lipinski definition) is 3. The molecule has 4 N–H and O–H groups in total. The van der Waals surface area contributed by atoms with Crippen LogP contribution in [0, 0.1) is 11.3 Å². The second-order valence-corrected chi connectivity index (χ2v) is 4.52. The summed E-state index contributed by atoms with van der Waals surface area (Å²) in [6.45, 7) is 3.82. The summed E-state index contributed by atoms with van der Waals surface area (Å²) < 4.78 is 0. The van der Waals surface area contributed by atoms with Crippen LogP contribution in [0.2, 0.25) is 0 Å². The van der Waals surface area contributed by atoms with Gasteiger partial charge >= 0.3 is 5.97 Å². The van der Waals surface area contributed by atoms with Crippen molar-refractivity contribution in [3.8, 4) is 0 Å². The molecule has 0 heterocycles. The zero-order valence-corrected chi connectivity index (χ0v) is 9.12. The van der Waals surface area contributed by atoms with Gasteiger partial charge in [-0.3, -0.25) is 4.79 Å². The van der Waals surface area contributed by atoms with Crippen LogP contribution in [0.15, 0.2) is 0 Å². The van der Waals surface area contributed by atoms with Crippen LogP contribution >= 0.6 is 0 Å². The Morgan fingerprint density at radius 3 is 2.27 bits per heavy atom. The van der Waals surface area contributed by atoms with Crippen LogP contribution in [0.25, 0.3) is 0 Å². The maximum absolute atomic E-state index is 11.7. The molecule has 86 valence electrons. The molecule has 0 aromatic rings. The zero-order chi connectivity index (χ0) is 11.6. The first-order valence-electron chi connectivity index (χ1n) is 5.17. The number of nitrogens with two attached hydrogens (primary N) is 1. The van der Waals surface area contributed by atoms with Crippen molar-refractivity contribution in [2.75, 3.05) is 6.54 Å². The Morgan fingerprint density at radius 1 is 1.47 bits per heavy atom. The summed E-state index contributed by atoms with van der Waals surface area (Å²) in [5.74, 6) is -1.34. The van der Waals surface area contributed by atoms with Crippen molar-refractivity contribution in [3.05, 3.63) is 0 Å². The fourth-order valence-corrected chi connectivity index (χ4v) is 1.48. The number of hydrogen-bond donors (Lipinski definition) is 3. The van der Waals surface area contributed by atoms with Gasteiger partial charge in [0, 0.05) is 6.54 Å². The molecule has 5 nitrogen and oxygen atoms in total. The van der Waals surface area contributed by atoms with Gasteiger partial charge in [-0.1, -0.05) is 13.8 Å². The third-order valence-electron chi connectivity index (χ3n) is 2.95. The summed E-state index contributed by atoms with van der Waals surface area (Å²) >= 11 is 0. The van der Waals surface area contributed by atoms with Crippen LogP contribution in [0.3, 0.4) is 0 Å². The van der Waals surface area contributed by atoms with Crippen molar-refractivity contribution in [2.45, 2.75) is 32.7 Å². The number of carbonyl (C=O) groups excluding carboxylic acids is 1. The average Bonchev–Trinajstić information content (AvgIpc) is 2.93. The fraction of sp³-hybridized carbons (Fsp3) is 0.800. The lowest BCUT2D eigenvalue weighted by Gasteiger charge is -2.21. The Labute approximate surface area is 89.0 Å². The third-order valence-corrected chi connectivity index (χ3v) is 2.95. The van der Waals surface area contributed by atoms with Gasteiger partial charge in [0.25, 0.3) is 0 Å². The largest absolute Gasteiger partial charge is 0.480 e. The zero-order valence-electron chi connectivity index (χ0n) is 9.12. The molecule has 0 aromatic carbocycles. The van der Waals surface area contributed by atoms with Crippen LogP contribution < -0.4 is 11.1 Å². The highest BCUT2D eigenvalue weighted by molar-refractivity contribution is 5.89. The molecule has 0 spiro atoms. The van der Waals surface area contributed by atoms with Crippen molar-refractivity contribution < 1.29 is 14.7 Å². The monoisotopic (exact) mass is 214 g/mol. The van der Waals surface area contributed by atoms with E-state index in [1.54, 1.807) is 13.8 Å². The molecule has 1 unspecified atom stereocenters. The van der Waals surface area contributed by atoms with Gasteiger partial charge in [0.15, 0.2) is 0 Å². The molecule has 1 rings (SSSR count). The second-order valence-electron chi connectivity index (χ2n) is 4.52. The van der Waals surface area contributed by atoms with E-state index < -0.39 is 17.4 Å². The number of nitrogens with one attached hydrogen (secondary N) is 1. The minimum atomic E-state index is -0.994. The second kappa shape index (κ2) is 4.18. The average molecular weight is 214 g/mol. The van der Waals surface area contributed by atoms with Crippen LogP contribution in [0.1, 0.15) is 26.7 Å². The summed E-state index contributed by atoms with van der Waals surface area (Å²) in [7, 11) is 0. The molecule has 0 radical (unpaired) electrons. The molecule has 0 saturated heterocycles. The normalized spacial score (nSPS) is 19.7. The van der Waals surface area contributed by atoms with E-state index >= 15 is 0 Å². The molecule has 15 heavy (non-hydrogen) atoms. The minimum absolute atomic E-state index is 0.125.